The number of hydrogen-bond donors (Lipinski definition) is 0. The largest absolute Gasteiger partial charge is 0.199 e. The van der Waals surface area contributed by atoms with E-state index in [4.69, 9.17) is 5.26 Å². The number of nitriles is 1. The molecule has 0 N–H and O–H groups in total. The molecule has 0 saturated heterocycles. The zero-order valence-corrected chi connectivity index (χ0v) is 8.78. The summed E-state index contributed by atoms with van der Waals surface area (Å²) in [6, 6.07) is 1.75. The predicted octanol–water partition coefficient (Wildman–Crippen LogP) is 4.14. The van der Waals surface area contributed by atoms with Crippen molar-refractivity contribution in [2.24, 2.45) is 0 Å². The minimum atomic E-state index is 1.36. The third-order valence-electron chi connectivity index (χ3n) is 0.957. The molecule has 0 rings (SSSR count). The molecule has 0 fully saturated rings. The predicted molar refractivity (Wildman–Crippen MR) is 52.5 cm³/mol. The first kappa shape index (κ1) is 16.8. The van der Waals surface area contributed by atoms with Crippen LogP contribution in [0, 0.1) is 11.3 Å². The van der Waals surface area contributed by atoms with Crippen LogP contribution in [0.1, 0.15) is 60.3 Å². The van der Waals surface area contributed by atoms with Gasteiger partial charge >= 0.3 is 0 Å². The van der Waals surface area contributed by atoms with Crippen LogP contribution in [0.25, 0.3) is 0 Å². The third kappa shape index (κ3) is 85.9. The molecule has 0 aliphatic rings. The molecule has 0 aliphatic heterocycles. The third-order valence-corrected chi connectivity index (χ3v) is 0.957. The van der Waals surface area contributed by atoms with Crippen molar-refractivity contribution in [2.75, 3.05) is 0 Å². The summed E-state index contributed by atoms with van der Waals surface area (Å²) < 4.78 is 0. The van der Waals surface area contributed by atoms with Crippen LogP contribution < -0.4 is 0 Å². The van der Waals surface area contributed by atoms with Gasteiger partial charge in [0.15, 0.2) is 0 Å². The Kier molecular flexibility index (Phi) is 51.9. The van der Waals surface area contributed by atoms with E-state index in [9.17, 15) is 0 Å². The van der Waals surface area contributed by atoms with E-state index < -0.39 is 0 Å². The quantitative estimate of drug-likeness (QED) is 0.565. The Labute approximate surface area is 72.4 Å². The van der Waals surface area contributed by atoms with Crippen LogP contribution in [-0.4, -0.2) is 0 Å². The lowest BCUT2D eigenvalue weighted by Gasteiger charge is -1.86. The van der Waals surface area contributed by atoms with Crippen molar-refractivity contribution >= 4 is 0 Å². The van der Waals surface area contributed by atoms with Crippen LogP contribution in [0.3, 0.4) is 0 Å². The lowest BCUT2D eigenvalue weighted by molar-refractivity contribution is 0.702. The van der Waals surface area contributed by atoms with Gasteiger partial charge in [0.2, 0.25) is 0 Å². The van der Waals surface area contributed by atoms with Crippen LogP contribution in [-0.2, 0) is 0 Å². The number of hydrogen-bond acceptors (Lipinski definition) is 1. The SMILES string of the molecule is CC.CC#N.CCCCCC. The summed E-state index contributed by atoms with van der Waals surface area (Å²) in [7, 11) is 0. The van der Waals surface area contributed by atoms with Gasteiger partial charge < -0.3 is 0 Å². The van der Waals surface area contributed by atoms with Gasteiger partial charge in [-0.05, 0) is 0 Å². The lowest BCUT2D eigenvalue weighted by Crippen LogP contribution is -1.66. The fourth-order valence-corrected chi connectivity index (χ4v) is 0.500. The molecule has 0 aliphatic carbocycles. The van der Waals surface area contributed by atoms with E-state index in [1.165, 1.54) is 32.6 Å². The van der Waals surface area contributed by atoms with Crippen molar-refractivity contribution < 1.29 is 0 Å². The summed E-state index contributed by atoms with van der Waals surface area (Å²) >= 11 is 0. The topological polar surface area (TPSA) is 23.8 Å². The summed E-state index contributed by atoms with van der Waals surface area (Å²) in [4.78, 5) is 0. The standard InChI is InChI=1S/C6H14.C2H3N.C2H6/c1-3-5-6-4-2;1-2-3;1-2/h3-6H2,1-2H3;1H3;1-2H3. The highest BCUT2D eigenvalue weighted by Gasteiger charge is 1.75. The number of nitrogens with zero attached hydrogens (tertiary/aromatic N) is 1. The average Bonchev–Trinajstić information content (AvgIpc) is 2.06. The molecule has 0 amide bonds. The molecule has 1 nitrogen and oxygen atoms in total. The van der Waals surface area contributed by atoms with Gasteiger partial charge in [-0.2, -0.15) is 5.26 Å². The first-order valence-electron chi connectivity index (χ1n) is 4.64. The van der Waals surface area contributed by atoms with Crippen molar-refractivity contribution in [3.05, 3.63) is 0 Å². The van der Waals surface area contributed by atoms with Crippen LogP contribution in [0.15, 0.2) is 0 Å². The molecule has 0 radical (unpaired) electrons. The zero-order valence-electron chi connectivity index (χ0n) is 8.78. The monoisotopic (exact) mass is 157 g/mol. The normalized spacial score (nSPS) is 6.18. The average molecular weight is 157 g/mol. The number of unbranched alkanes of at least 4 members (excludes halogenated alkanes) is 3. The smallest absolute Gasteiger partial charge is 0.0587 e. The van der Waals surface area contributed by atoms with Crippen LogP contribution in [0.4, 0.5) is 0 Å². The van der Waals surface area contributed by atoms with Crippen LogP contribution in [0.2, 0.25) is 0 Å². The summed E-state index contributed by atoms with van der Waals surface area (Å²) in [5.41, 5.74) is 0. The molecule has 1 heteroatoms. The van der Waals surface area contributed by atoms with Gasteiger partial charge in [-0.25, -0.2) is 0 Å². The molecule has 68 valence electrons. The maximum atomic E-state index is 7.32. The van der Waals surface area contributed by atoms with Gasteiger partial charge in [0.05, 0.1) is 6.07 Å². The Morgan fingerprint density at radius 1 is 1.00 bits per heavy atom. The van der Waals surface area contributed by atoms with Gasteiger partial charge in [0.1, 0.15) is 0 Å². The maximum absolute atomic E-state index is 7.32. The van der Waals surface area contributed by atoms with Crippen molar-refractivity contribution in [2.45, 2.75) is 60.3 Å². The second-order valence-electron chi connectivity index (χ2n) is 1.93. The van der Waals surface area contributed by atoms with Gasteiger partial charge in [0.25, 0.3) is 0 Å². The molecule has 0 spiro atoms. The fraction of sp³-hybridized carbons (Fsp3) is 0.900. The van der Waals surface area contributed by atoms with Gasteiger partial charge in [-0.3, -0.25) is 0 Å². The second-order valence-corrected chi connectivity index (χ2v) is 1.93. The van der Waals surface area contributed by atoms with E-state index in [-0.39, 0.29) is 0 Å². The van der Waals surface area contributed by atoms with Crippen molar-refractivity contribution in [1.29, 1.82) is 5.26 Å². The van der Waals surface area contributed by atoms with E-state index in [0.717, 1.165) is 0 Å². The first-order valence-corrected chi connectivity index (χ1v) is 4.64. The Morgan fingerprint density at radius 3 is 1.27 bits per heavy atom. The highest BCUT2D eigenvalue weighted by Crippen LogP contribution is 1.95. The molecule has 0 saturated carbocycles. The van der Waals surface area contributed by atoms with E-state index in [1.54, 1.807) is 6.07 Å². The summed E-state index contributed by atoms with van der Waals surface area (Å²) in [6.45, 7) is 9.89. The Morgan fingerprint density at radius 2 is 1.18 bits per heavy atom. The van der Waals surface area contributed by atoms with E-state index in [1.807, 2.05) is 13.8 Å². The van der Waals surface area contributed by atoms with Crippen LogP contribution >= 0.6 is 0 Å². The highest BCUT2D eigenvalue weighted by molar-refractivity contribution is 4.51. The summed E-state index contributed by atoms with van der Waals surface area (Å²) in [6.07, 6.45) is 5.54. The molecule has 0 unspecified atom stereocenters. The lowest BCUT2D eigenvalue weighted by atomic mass is 10.2. The molecule has 0 aromatic heterocycles. The molecule has 0 heterocycles. The first-order chi connectivity index (χ1) is 5.33. The van der Waals surface area contributed by atoms with E-state index >= 15 is 0 Å². The van der Waals surface area contributed by atoms with Gasteiger partial charge in [-0.1, -0.05) is 53.4 Å². The molecule has 11 heavy (non-hydrogen) atoms. The van der Waals surface area contributed by atoms with E-state index in [2.05, 4.69) is 13.8 Å². The molecular formula is C10H23N. The molecule has 0 aromatic rings. The minimum absolute atomic E-state index is 1.36. The van der Waals surface area contributed by atoms with Crippen molar-refractivity contribution in [3.8, 4) is 6.07 Å². The Bertz CT molecular complexity index is 57.8. The molecule has 0 aromatic carbocycles. The van der Waals surface area contributed by atoms with Crippen LogP contribution in [0.5, 0.6) is 0 Å². The van der Waals surface area contributed by atoms with Gasteiger partial charge in [0, 0.05) is 6.92 Å². The fourth-order valence-electron chi connectivity index (χ4n) is 0.500. The number of rotatable bonds is 3. The zero-order chi connectivity index (χ0) is 9.54. The second kappa shape index (κ2) is 33.9. The Balaban J connectivity index is -0.000000109. The highest BCUT2D eigenvalue weighted by atomic mass is 14.2. The van der Waals surface area contributed by atoms with E-state index in [0.29, 0.717) is 0 Å². The summed E-state index contributed by atoms with van der Waals surface area (Å²) in [5.74, 6) is 0. The minimum Gasteiger partial charge on any atom is -0.199 e. The molecule has 0 bridgehead atoms. The van der Waals surface area contributed by atoms with Crippen molar-refractivity contribution in [1.82, 2.24) is 0 Å². The van der Waals surface area contributed by atoms with Gasteiger partial charge in [-0.15, -0.1) is 0 Å². The molecule has 0 atom stereocenters. The van der Waals surface area contributed by atoms with Crippen molar-refractivity contribution in [3.63, 3.8) is 0 Å². The maximum Gasteiger partial charge on any atom is 0.0587 e. The summed E-state index contributed by atoms with van der Waals surface area (Å²) in [5, 5.41) is 7.32. The molecular weight excluding hydrogens is 134 g/mol. The Hall–Kier alpha value is -0.510.